The Bertz CT molecular complexity index is 516. The molecule has 2 unspecified atom stereocenters. The minimum Gasteiger partial charge on any atom is -0.389 e. The molecule has 0 bridgehead atoms. The topological polar surface area (TPSA) is 47.6 Å². The van der Waals surface area contributed by atoms with Crippen molar-refractivity contribution >= 4 is 18.1 Å². The van der Waals surface area contributed by atoms with Crippen molar-refractivity contribution in [3.8, 4) is 0 Å². The van der Waals surface area contributed by atoms with Gasteiger partial charge in [0.1, 0.15) is 5.60 Å². The quantitative estimate of drug-likeness (QED) is 0.889. The van der Waals surface area contributed by atoms with Crippen LogP contribution in [-0.4, -0.2) is 17.4 Å². The van der Waals surface area contributed by atoms with E-state index < -0.39 is 0 Å². The maximum absolute atomic E-state index is 6.00. The summed E-state index contributed by atoms with van der Waals surface area (Å²) >= 11 is 0. The largest absolute Gasteiger partial charge is 0.389 e. The van der Waals surface area contributed by atoms with Crippen LogP contribution < -0.4 is 5.73 Å². The highest BCUT2D eigenvalue weighted by molar-refractivity contribution is 6.01. The van der Waals surface area contributed by atoms with Crippen molar-refractivity contribution in [2.75, 3.05) is 0 Å². The lowest BCUT2D eigenvalue weighted by Crippen LogP contribution is -2.29. The molecular formula is C17H27ClN2O. The molecule has 1 aromatic rings. The van der Waals surface area contributed by atoms with Crippen LogP contribution in [0.25, 0.3) is 0 Å². The second-order valence-corrected chi connectivity index (χ2v) is 6.26. The van der Waals surface area contributed by atoms with Crippen LogP contribution in [0.2, 0.25) is 0 Å². The van der Waals surface area contributed by atoms with Crippen molar-refractivity contribution in [1.82, 2.24) is 0 Å². The lowest BCUT2D eigenvalue weighted by molar-refractivity contribution is -0.0124. The predicted molar refractivity (Wildman–Crippen MR) is 91.3 cm³/mol. The highest BCUT2D eigenvalue weighted by Crippen LogP contribution is 2.31. The second-order valence-electron chi connectivity index (χ2n) is 6.26. The van der Waals surface area contributed by atoms with Crippen molar-refractivity contribution in [2.45, 2.75) is 65.0 Å². The SMILES string of the molecule is CCC(N)CCC1(C)CC(c2ccc(C)c(C)c2)=NO1.Cl. The zero-order valence-corrected chi connectivity index (χ0v) is 14.3. The Morgan fingerprint density at radius 3 is 2.67 bits per heavy atom. The maximum atomic E-state index is 6.00. The van der Waals surface area contributed by atoms with Crippen LogP contribution in [0.5, 0.6) is 0 Å². The Hall–Kier alpha value is -1.06. The van der Waals surface area contributed by atoms with Gasteiger partial charge in [0.15, 0.2) is 0 Å². The van der Waals surface area contributed by atoms with Crippen molar-refractivity contribution < 1.29 is 4.84 Å². The molecule has 2 rings (SSSR count). The van der Waals surface area contributed by atoms with E-state index in [-0.39, 0.29) is 24.0 Å². The number of nitrogens with two attached hydrogens (primary N) is 1. The Morgan fingerprint density at radius 2 is 2.05 bits per heavy atom. The Balaban J connectivity index is 0.00000220. The van der Waals surface area contributed by atoms with Gasteiger partial charge in [-0.25, -0.2) is 0 Å². The molecule has 0 saturated heterocycles. The number of hydrogen-bond donors (Lipinski definition) is 1. The average Bonchev–Trinajstić information content (AvgIpc) is 2.82. The highest BCUT2D eigenvalue weighted by atomic mass is 35.5. The smallest absolute Gasteiger partial charge is 0.140 e. The lowest BCUT2D eigenvalue weighted by atomic mass is 9.89. The number of oxime groups is 1. The van der Waals surface area contributed by atoms with E-state index in [1.807, 2.05) is 0 Å². The van der Waals surface area contributed by atoms with Crippen molar-refractivity contribution in [1.29, 1.82) is 0 Å². The Morgan fingerprint density at radius 1 is 1.33 bits per heavy atom. The summed E-state index contributed by atoms with van der Waals surface area (Å²) in [7, 11) is 0. The molecule has 1 aliphatic rings. The van der Waals surface area contributed by atoms with Crippen molar-refractivity contribution in [3.05, 3.63) is 34.9 Å². The molecule has 3 nitrogen and oxygen atoms in total. The number of halogens is 1. The first-order chi connectivity index (χ1) is 9.43. The van der Waals surface area contributed by atoms with Gasteiger partial charge in [0, 0.05) is 12.5 Å². The third kappa shape index (κ3) is 4.45. The van der Waals surface area contributed by atoms with E-state index in [1.165, 1.54) is 16.7 Å². The first-order valence-electron chi connectivity index (χ1n) is 7.52. The van der Waals surface area contributed by atoms with Crippen molar-refractivity contribution in [3.63, 3.8) is 0 Å². The van der Waals surface area contributed by atoms with E-state index in [4.69, 9.17) is 10.6 Å². The molecule has 0 radical (unpaired) electrons. The van der Waals surface area contributed by atoms with Gasteiger partial charge in [-0.2, -0.15) is 0 Å². The molecule has 1 aliphatic heterocycles. The minimum absolute atomic E-state index is 0. The van der Waals surface area contributed by atoms with Gasteiger partial charge in [-0.1, -0.05) is 24.2 Å². The molecule has 2 atom stereocenters. The fraction of sp³-hybridized carbons (Fsp3) is 0.588. The lowest BCUT2D eigenvalue weighted by Gasteiger charge is -2.22. The van der Waals surface area contributed by atoms with E-state index in [9.17, 15) is 0 Å². The number of aryl methyl sites for hydroxylation is 2. The average molecular weight is 311 g/mol. The standard InChI is InChI=1S/C17H26N2O.ClH/c1-5-15(18)8-9-17(4)11-16(19-20-17)14-7-6-12(2)13(3)10-14;/h6-7,10,15H,5,8-9,11,18H2,1-4H3;1H. The summed E-state index contributed by atoms with van der Waals surface area (Å²) in [6.45, 7) is 8.52. The molecule has 0 saturated carbocycles. The van der Waals surface area contributed by atoms with Gasteiger partial charge in [-0.05, 0) is 62.8 Å². The molecule has 118 valence electrons. The third-order valence-corrected chi connectivity index (χ3v) is 4.33. The number of benzene rings is 1. The first-order valence-corrected chi connectivity index (χ1v) is 7.52. The first kappa shape index (κ1) is 18.0. The van der Waals surface area contributed by atoms with Crippen LogP contribution in [0.15, 0.2) is 23.4 Å². The van der Waals surface area contributed by atoms with E-state index in [0.717, 1.165) is 31.4 Å². The molecule has 21 heavy (non-hydrogen) atoms. The summed E-state index contributed by atoms with van der Waals surface area (Å²) in [5.41, 5.74) is 10.6. The van der Waals surface area contributed by atoms with E-state index >= 15 is 0 Å². The molecule has 0 aromatic heterocycles. The van der Waals surface area contributed by atoms with Crippen LogP contribution >= 0.6 is 12.4 Å². The van der Waals surface area contributed by atoms with Gasteiger partial charge in [0.05, 0.1) is 5.71 Å². The zero-order valence-electron chi connectivity index (χ0n) is 13.5. The molecule has 0 aliphatic carbocycles. The van der Waals surface area contributed by atoms with Gasteiger partial charge in [-0.15, -0.1) is 12.4 Å². The van der Waals surface area contributed by atoms with Crippen LogP contribution in [0, 0.1) is 13.8 Å². The molecule has 1 aromatic carbocycles. The summed E-state index contributed by atoms with van der Waals surface area (Å²) in [4.78, 5) is 5.70. The molecule has 2 N–H and O–H groups in total. The Kier molecular flexibility index (Phi) is 6.24. The minimum atomic E-state index is -0.194. The van der Waals surface area contributed by atoms with Crippen LogP contribution in [0.3, 0.4) is 0 Å². The molecule has 0 fully saturated rings. The number of hydrogen-bond acceptors (Lipinski definition) is 3. The van der Waals surface area contributed by atoms with E-state index in [1.54, 1.807) is 0 Å². The van der Waals surface area contributed by atoms with Crippen LogP contribution in [0.4, 0.5) is 0 Å². The monoisotopic (exact) mass is 310 g/mol. The van der Waals surface area contributed by atoms with Gasteiger partial charge in [0.25, 0.3) is 0 Å². The maximum Gasteiger partial charge on any atom is 0.140 e. The Labute approximate surface area is 134 Å². The molecule has 1 heterocycles. The van der Waals surface area contributed by atoms with Crippen LogP contribution in [-0.2, 0) is 4.84 Å². The van der Waals surface area contributed by atoms with E-state index in [2.05, 4.69) is 51.0 Å². The summed E-state index contributed by atoms with van der Waals surface area (Å²) in [6.07, 6.45) is 3.83. The second kappa shape index (κ2) is 7.28. The molecule has 0 spiro atoms. The molecule has 0 amide bonds. The highest BCUT2D eigenvalue weighted by Gasteiger charge is 2.34. The van der Waals surface area contributed by atoms with Gasteiger partial charge < -0.3 is 10.6 Å². The predicted octanol–water partition coefficient (Wildman–Crippen LogP) is 4.13. The third-order valence-electron chi connectivity index (χ3n) is 4.33. The van der Waals surface area contributed by atoms with E-state index in [0.29, 0.717) is 0 Å². The summed E-state index contributed by atoms with van der Waals surface area (Å²) in [6, 6.07) is 6.74. The normalized spacial score (nSPS) is 22.2. The summed E-state index contributed by atoms with van der Waals surface area (Å²) in [5, 5.41) is 4.31. The van der Waals surface area contributed by atoms with Crippen LogP contribution in [0.1, 0.15) is 56.2 Å². The summed E-state index contributed by atoms with van der Waals surface area (Å²) < 4.78 is 0. The van der Waals surface area contributed by atoms with Gasteiger partial charge in [-0.3, -0.25) is 0 Å². The van der Waals surface area contributed by atoms with Crippen molar-refractivity contribution in [2.24, 2.45) is 10.9 Å². The van der Waals surface area contributed by atoms with Gasteiger partial charge >= 0.3 is 0 Å². The fourth-order valence-electron chi connectivity index (χ4n) is 2.49. The molecular weight excluding hydrogens is 284 g/mol. The number of rotatable bonds is 5. The van der Waals surface area contributed by atoms with Gasteiger partial charge in [0.2, 0.25) is 0 Å². The fourth-order valence-corrected chi connectivity index (χ4v) is 2.49. The zero-order chi connectivity index (χ0) is 14.8. The molecule has 4 heteroatoms. The summed E-state index contributed by atoms with van der Waals surface area (Å²) in [5.74, 6) is 0. The number of nitrogens with zero attached hydrogens (tertiary/aromatic N) is 1.